The van der Waals surface area contributed by atoms with Gasteiger partial charge in [-0.25, -0.2) is 0 Å². The van der Waals surface area contributed by atoms with E-state index in [0.29, 0.717) is 18.7 Å². The topological polar surface area (TPSA) is 59.2 Å². The Morgan fingerprint density at radius 1 is 1.12 bits per heavy atom. The maximum atomic E-state index is 13.1. The van der Waals surface area contributed by atoms with E-state index in [2.05, 4.69) is 11.1 Å². The first kappa shape index (κ1) is 16.5. The molecular weight excluding hydrogens is 322 g/mol. The number of aryl methyl sites for hydroxylation is 1. The number of rotatable bonds is 3. The van der Waals surface area contributed by atoms with Gasteiger partial charge in [0.25, 0.3) is 5.91 Å². The second-order valence-corrected chi connectivity index (χ2v) is 6.65. The summed E-state index contributed by atoms with van der Waals surface area (Å²) in [4.78, 5) is 19.3. The van der Waals surface area contributed by atoms with Gasteiger partial charge in [0.05, 0.1) is 5.69 Å². The standard InChI is InChI=1S/C22H21N3O/c1-15-10-21-20(14-24-15)8-9-25(21)22(26)19-7-3-6-18(12-19)17-5-2-4-16(11-17)13-23/h2-7,10-12,14H,8-9,13,23H2,1H3. The summed E-state index contributed by atoms with van der Waals surface area (Å²) in [5, 5.41) is 0. The molecule has 4 heteroatoms. The van der Waals surface area contributed by atoms with Gasteiger partial charge in [0.1, 0.15) is 0 Å². The highest BCUT2D eigenvalue weighted by Crippen LogP contribution is 2.30. The summed E-state index contributed by atoms with van der Waals surface area (Å²) in [5.74, 6) is 0.0335. The zero-order valence-electron chi connectivity index (χ0n) is 14.8. The van der Waals surface area contributed by atoms with Crippen LogP contribution in [0.1, 0.15) is 27.2 Å². The highest BCUT2D eigenvalue weighted by Gasteiger charge is 2.26. The highest BCUT2D eigenvalue weighted by molar-refractivity contribution is 6.07. The zero-order chi connectivity index (χ0) is 18.1. The van der Waals surface area contributed by atoms with Gasteiger partial charge in [0, 0.05) is 30.5 Å². The monoisotopic (exact) mass is 343 g/mol. The molecule has 1 aliphatic heterocycles. The Hall–Kier alpha value is -2.98. The van der Waals surface area contributed by atoms with E-state index in [-0.39, 0.29) is 5.91 Å². The summed E-state index contributed by atoms with van der Waals surface area (Å²) in [6.45, 7) is 3.16. The third-order valence-electron chi connectivity index (χ3n) is 4.84. The van der Waals surface area contributed by atoms with Gasteiger partial charge in [-0.2, -0.15) is 0 Å². The van der Waals surface area contributed by atoms with Crippen molar-refractivity contribution in [3.63, 3.8) is 0 Å². The number of hydrogen-bond acceptors (Lipinski definition) is 3. The van der Waals surface area contributed by atoms with E-state index in [9.17, 15) is 4.79 Å². The fourth-order valence-electron chi connectivity index (χ4n) is 3.45. The molecule has 2 aromatic carbocycles. The number of nitrogens with zero attached hydrogens (tertiary/aromatic N) is 2. The van der Waals surface area contributed by atoms with Crippen molar-refractivity contribution in [2.45, 2.75) is 19.9 Å². The number of carbonyl (C=O) groups is 1. The molecule has 1 amide bonds. The van der Waals surface area contributed by atoms with Crippen molar-refractivity contribution >= 4 is 11.6 Å². The van der Waals surface area contributed by atoms with Crippen molar-refractivity contribution in [1.82, 2.24) is 4.98 Å². The van der Waals surface area contributed by atoms with Gasteiger partial charge < -0.3 is 10.6 Å². The van der Waals surface area contributed by atoms with Gasteiger partial charge in [0.2, 0.25) is 0 Å². The van der Waals surface area contributed by atoms with Crippen molar-refractivity contribution in [3.8, 4) is 11.1 Å². The fraction of sp³-hybridized carbons (Fsp3) is 0.182. The Balaban J connectivity index is 1.67. The third kappa shape index (κ3) is 3.00. The lowest BCUT2D eigenvalue weighted by atomic mass is 10.0. The quantitative estimate of drug-likeness (QED) is 0.788. The normalized spacial score (nSPS) is 12.9. The molecule has 3 aromatic rings. The molecule has 0 atom stereocenters. The molecule has 0 aliphatic carbocycles. The summed E-state index contributed by atoms with van der Waals surface area (Å²) < 4.78 is 0. The molecule has 2 heterocycles. The number of benzene rings is 2. The van der Waals surface area contributed by atoms with E-state index < -0.39 is 0 Å². The van der Waals surface area contributed by atoms with Crippen molar-refractivity contribution in [1.29, 1.82) is 0 Å². The van der Waals surface area contributed by atoms with Crippen LogP contribution in [0.3, 0.4) is 0 Å². The van der Waals surface area contributed by atoms with Crippen LogP contribution in [0, 0.1) is 6.92 Å². The summed E-state index contributed by atoms with van der Waals surface area (Å²) in [6.07, 6.45) is 2.74. The van der Waals surface area contributed by atoms with E-state index in [1.807, 2.05) is 66.6 Å². The van der Waals surface area contributed by atoms with E-state index in [4.69, 9.17) is 5.73 Å². The predicted molar refractivity (Wildman–Crippen MR) is 104 cm³/mol. The minimum Gasteiger partial charge on any atom is -0.326 e. The molecule has 0 saturated heterocycles. The molecule has 26 heavy (non-hydrogen) atoms. The van der Waals surface area contributed by atoms with Gasteiger partial charge in [-0.15, -0.1) is 0 Å². The maximum absolute atomic E-state index is 13.1. The Bertz CT molecular complexity index is 981. The average molecular weight is 343 g/mol. The van der Waals surface area contributed by atoms with Crippen LogP contribution in [0.4, 0.5) is 5.69 Å². The molecule has 0 radical (unpaired) electrons. The molecule has 0 fully saturated rings. The van der Waals surface area contributed by atoms with Crippen LogP contribution in [0.5, 0.6) is 0 Å². The number of amides is 1. The minimum absolute atomic E-state index is 0.0335. The van der Waals surface area contributed by atoms with Crippen molar-refractivity contribution < 1.29 is 4.79 Å². The summed E-state index contributed by atoms with van der Waals surface area (Å²) in [6, 6.07) is 17.9. The SMILES string of the molecule is Cc1cc2c(cn1)CCN2C(=O)c1cccc(-c2cccc(CN)c2)c1. The van der Waals surface area contributed by atoms with Crippen LogP contribution >= 0.6 is 0 Å². The Morgan fingerprint density at radius 3 is 2.69 bits per heavy atom. The molecular formula is C22H21N3O. The largest absolute Gasteiger partial charge is 0.326 e. The smallest absolute Gasteiger partial charge is 0.258 e. The summed E-state index contributed by atoms with van der Waals surface area (Å²) in [5.41, 5.74) is 12.7. The zero-order valence-corrected chi connectivity index (χ0v) is 14.8. The first-order valence-electron chi connectivity index (χ1n) is 8.82. The Kier molecular flexibility index (Phi) is 4.27. The molecule has 4 nitrogen and oxygen atoms in total. The number of nitrogens with two attached hydrogens (primary N) is 1. The fourth-order valence-corrected chi connectivity index (χ4v) is 3.45. The average Bonchev–Trinajstić information content (AvgIpc) is 3.10. The van der Waals surface area contributed by atoms with Crippen LogP contribution in [-0.2, 0) is 13.0 Å². The lowest BCUT2D eigenvalue weighted by Gasteiger charge is -2.18. The van der Waals surface area contributed by atoms with Crippen molar-refractivity contribution in [2.75, 3.05) is 11.4 Å². The van der Waals surface area contributed by atoms with E-state index in [1.165, 1.54) is 0 Å². The molecule has 2 N–H and O–H groups in total. The number of carbonyl (C=O) groups excluding carboxylic acids is 1. The Morgan fingerprint density at radius 2 is 1.88 bits per heavy atom. The van der Waals surface area contributed by atoms with Crippen LogP contribution in [0.25, 0.3) is 11.1 Å². The van der Waals surface area contributed by atoms with Gasteiger partial charge in [-0.05, 0) is 59.9 Å². The molecule has 0 spiro atoms. The number of hydrogen-bond donors (Lipinski definition) is 1. The van der Waals surface area contributed by atoms with Crippen molar-refractivity contribution in [3.05, 3.63) is 83.2 Å². The molecule has 1 aromatic heterocycles. The first-order chi connectivity index (χ1) is 12.7. The van der Waals surface area contributed by atoms with E-state index >= 15 is 0 Å². The van der Waals surface area contributed by atoms with Gasteiger partial charge in [0.15, 0.2) is 0 Å². The first-order valence-corrected chi connectivity index (χ1v) is 8.82. The van der Waals surface area contributed by atoms with Crippen LogP contribution in [-0.4, -0.2) is 17.4 Å². The number of aromatic nitrogens is 1. The lowest BCUT2D eigenvalue weighted by Crippen LogP contribution is -2.28. The number of fused-ring (bicyclic) bond motifs is 1. The predicted octanol–water partition coefficient (Wildman–Crippen LogP) is 3.72. The summed E-state index contributed by atoms with van der Waals surface area (Å²) in [7, 11) is 0. The molecule has 0 unspecified atom stereocenters. The Labute approximate surface area is 153 Å². The van der Waals surface area contributed by atoms with Gasteiger partial charge >= 0.3 is 0 Å². The second kappa shape index (κ2) is 6.73. The van der Waals surface area contributed by atoms with Crippen LogP contribution in [0.15, 0.2) is 60.8 Å². The van der Waals surface area contributed by atoms with Crippen molar-refractivity contribution in [2.24, 2.45) is 5.73 Å². The molecule has 0 saturated carbocycles. The van der Waals surface area contributed by atoms with E-state index in [1.54, 1.807) is 0 Å². The van der Waals surface area contributed by atoms with Gasteiger partial charge in [-0.1, -0.05) is 30.3 Å². The second-order valence-electron chi connectivity index (χ2n) is 6.65. The molecule has 4 rings (SSSR count). The summed E-state index contributed by atoms with van der Waals surface area (Å²) >= 11 is 0. The van der Waals surface area contributed by atoms with Crippen LogP contribution < -0.4 is 10.6 Å². The minimum atomic E-state index is 0.0335. The number of anilines is 1. The van der Waals surface area contributed by atoms with Crippen LogP contribution in [0.2, 0.25) is 0 Å². The number of pyridine rings is 1. The maximum Gasteiger partial charge on any atom is 0.258 e. The molecule has 130 valence electrons. The van der Waals surface area contributed by atoms with E-state index in [0.717, 1.165) is 40.1 Å². The van der Waals surface area contributed by atoms with Gasteiger partial charge in [-0.3, -0.25) is 9.78 Å². The lowest BCUT2D eigenvalue weighted by molar-refractivity contribution is 0.0989. The third-order valence-corrected chi connectivity index (χ3v) is 4.84. The highest BCUT2D eigenvalue weighted by atomic mass is 16.2. The molecule has 0 bridgehead atoms. The molecule has 1 aliphatic rings.